The van der Waals surface area contributed by atoms with Crippen molar-refractivity contribution in [3.8, 4) is 5.75 Å². The fourth-order valence-electron chi connectivity index (χ4n) is 1.23. The molecule has 0 atom stereocenters. The van der Waals surface area contributed by atoms with Crippen molar-refractivity contribution in [1.29, 1.82) is 0 Å². The molecule has 0 aliphatic rings. The molecule has 1 aromatic heterocycles. The van der Waals surface area contributed by atoms with Gasteiger partial charge in [-0.25, -0.2) is 9.98 Å². The Morgan fingerprint density at radius 2 is 2.06 bits per heavy atom. The summed E-state index contributed by atoms with van der Waals surface area (Å²) in [6.45, 7) is 0. The molecule has 2 rings (SSSR count). The van der Waals surface area contributed by atoms with E-state index < -0.39 is 5.56 Å². The van der Waals surface area contributed by atoms with Gasteiger partial charge in [0.1, 0.15) is 5.75 Å². The van der Waals surface area contributed by atoms with Crippen molar-refractivity contribution in [2.45, 2.75) is 0 Å². The van der Waals surface area contributed by atoms with Crippen LogP contribution in [0.5, 0.6) is 5.75 Å². The van der Waals surface area contributed by atoms with Crippen LogP contribution in [0.4, 0.5) is 11.5 Å². The quantitative estimate of drug-likeness (QED) is 0.664. The summed E-state index contributed by atoms with van der Waals surface area (Å²) >= 11 is 0. The first-order chi connectivity index (χ1) is 8.16. The van der Waals surface area contributed by atoms with Crippen LogP contribution in [0.15, 0.2) is 40.4 Å². The molecule has 6 nitrogen and oxygen atoms in total. The van der Waals surface area contributed by atoms with Crippen LogP contribution in [0.1, 0.15) is 5.56 Å². The lowest BCUT2D eigenvalue weighted by molar-refractivity contribution is 0.475. The van der Waals surface area contributed by atoms with Gasteiger partial charge < -0.3 is 15.8 Å². The molecule has 4 N–H and O–H groups in total. The summed E-state index contributed by atoms with van der Waals surface area (Å²) < 4.78 is 0. The van der Waals surface area contributed by atoms with E-state index in [0.717, 1.165) is 5.56 Å². The summed E-state index contributed by atoms with van der Waals surface area (Å²) in [4.78, 5) is 21.5. The van der Waals surface area contributed by atoms with Crippen LogP contribution in [-0.2, 0) is 0 Å². The fraction of sp³-hybridized carbons (Fsp3) is 0. The van der Waals surface area contributed by atoms with Crippen molar-refractivity contribution in [1.82, 2.24) is 9.97 Å². The van der Waals surface area contributed by atoms with Gasteiger partial charge in [0.25, 0.3) is 5.56 Å². The Balaban J connectivity index is 2.32. The molecule has 0 amide bonds. The van der Waals surface area contributed by atoms with Gasteiger partial charge >= 0.3 is 0 Å². The van der Waals surface area contributed by atoms with Gasteiger partial charge in [0.05, 0.1) is 6.33 Å². The third-order valence-corrected chi connectivity index (χ3v) is 2.09. The number of aliphatic imine (C=N–C) groups is 1. The molecular weight excluding hydrogens is 220 g/mol. The van der Waals surface area contributed by atoms with Crippen molar-refractivity contribution in [3.05, 3.63) is 46.5 Å². The number of phenols is 1. The normalized spacial score (nSPS) is 10.8. The summed E-state index contributed by atoms with van der Waals surface area (Å²) in [6.07, 6.45) is 2.69. The molecule has 0 aliphatic heterocycles. The van der Waals surface area contributed by atoms with Gasteiger partial charge in [0.15, 0.2) is 11.5 Å². The number of benzene rings is 1. The molecule has 1 heterocycles. The van der Waals surface area contributed by atoms with E-state index in [1.54, 1.807) is 12.1 Å². The van der Waals surface area contributed by atoms with Crippen LogP contribution in [0.3, 0.4) is 0 Å². The number of hydrogen-bond acceptors (Lipinski definition) is 5. The maximum Gasteiger partial charge on any atom is 0.278 e. The number of nitrogen functional groups attached to an aromatic ring is 1. The van der Waals surface area contributed by atoms with Gasteiger partial charge in [-0.05, 0) is 29.8 Å². The molecule has 0 saturated carbocycles. The van der Waals surface area contributed by atoms with Crippen molar-refractivity contribution >= 4 is 17.7 Å². The highest BCUT2D eigenvalue weighted by Crippen LogP contribution is 2.12. The third kappa shape index (κ3) is 2.49. The monoisotopic (exact) mass is 230 g/mol. The van der Waals surface area contributed by atoms with Gasteiger partial charge in [0.2, 0.25) is 0 Å². The van der Waals surface area contributed by atoms with E-state index in [-0.39, 0.29) is 17.3 Å². The molecule has 1 aromatic carbocycles. The van der Waals surface area contributed by atoms with Crippen molar-refractivity contribution < 1.29 is 5.11 Å². The second kappa shape index (κ2) is 4.48. The highest BCUT2D eigenvalue weighted by atomic mass is 16.3. The number of rotatable bonds is 2. The van der Waals surface area contributed by atoms with E-state index in [9.17, 15) is 4.79 Å². The first kappa shape index (κ1) is 10.9. The van der Waals surface area contributed by atoms with Gasteiger partial charge in [-0.3, -0.25) is 4.79 Å². The lowest BCUT2D eigenvalue weighted by atomic mass is 10.2. The standard InChI is InChI=1S/C11H10N4O2/c12-10-9(11(17)15-6-14-10)13-5-7-1-3-8(16)4-2-7/h1-6,16H,(H3,12,14,15,17). The molecular formula is C11H10N4O2. The minimum Gasteiger partial charge on any atom is -0.508 e. The lowest BCUT2D eigenvalue weighted by Gasteiger charge is -1.96. The van der Waals surface area contributed by atoms with E-state index in [4.69, 9.17) is 10.8 Å². The van der Waals surface area contributed by atoms with Crippen molar-refractivity contribution in [3.63, 3.8) is 0 Å². The number of phenolic OH excluding ortho intramolecular Hbond substituents is 1. The smallest absolute Gasteiger partial charge is 0.278 e. The first-order valence-electron chi connectivity index (χ1n) is 4.83. The van der Waals surface area contributed by atoms with Gasteiger partial charge in [-0.2, -0.15) is 0 Å². The minimum absolute atomic E-state index is 0.0700. The number of aromatic nitrogens is 2. The molecule has 0 saturated heterocycles. The average molecular weight is 230 g/mol. The fourth-order valence-corrected chi connectivity index (χ4v) is 1.23. The largest absolute Gasteiger partial charge is 0.508 e. The predicted molar refractivity (Wildman–Crippen MR) is 64.6 cm³/mol. The molecule has 86 valence electrons. The van der Waals surface area contributed by atoms with Crippen LogP contribution < -0.4 is 11.3 Å². The maximum atomic E-state index is 11.4. The summed E-state index contributed by atoms with van der Waals surface area (Å²) in [5.41, 5.74) is 5.94. The van der Waals surface area contributed by atoms with Crippen LogP contribution >= 0.6 is 0 Å². The number of nitrogens with two attached hydrogens (primary N) is 1. The second-order valence-electron chi connectivity index (χ2n) is 3.32. The van der Waals surface area contributed by atoms with Crippen LogP contribution in [0, 0.1) is 0 Å². The molecule has 0 fully saturated rings. The Bertz CT molecular complexity index is 602. The zero-order valence-electron chi connectivity index (χ0n) is 8.79. The Kier molecular flexibility index (Phi) is 2.87. The molecule has 0 unspecified atom stereocenters. The number of nitrogens with zero attached hydrogens (tertiary/aromatic N) is 2. The average Bonchev–Trinajstić information content (AvgIpc) is 2.31. The molecule has 0 aliphatic carbocycles. The van der Waals surface area contributed by atoms with E-state index in [1.165, 1.54) is 24.7 Å². The maximum absolute atomic E-state index is 11.4. The predicted octanol–water partition coefficient (Wildman–Crippen LogP) is 0.808. The highest BCUT2D eigenvalue weighted by molar-refractivity contribution is 5.83. The summed E-state index contributed by atoms with van der Waals surface area (Å²) in [5, 5.41) is 9.10. The molecule has 0 bridgehead atoms. The summed E-state index contributed by atoms with van der Waals surface area (Å²) in [7, 11) is 0. The SMILES string of the molecule is Nc1nc[nH]c(=O)c1N=Cc1ccc(O)cc1. The zero-order valence-corrected chi connectivity index (χ0v) is 8.79. The molecule has 6 heteroatoms. The van der Waals surface area contributed by atoms with Crippen molar-refractivity contribution in [2.75, 3.05) is 5.73 Å². The third-order valence-electron chi connectivity index (χ3n) is 2.09. The van der Waals surface area contributed by atoms with Crippen molar-refractivity contribution in [2.24, 2.45) is 4.99 Å². The zero-order chi connectivity index (χ0) is 12.3. The number of nitrogens with one attached hydrogen (secondary N) is 1. The first-order valence-corrected chi connectivity index (χ1v) is 4.83. The van der Waals surface area contributed by atoms with E-state index in [2.05, 4.69) is 15.0 Å². The minimum atomic E-state index is -0.396. The molecule has 17 heavy (non-hydrogen) atoms. The second-order valence-corrected chi connectivity index (χ2v) is 3.32. The van der Waals surface area contributed by atoms with Gasteiger partial charge in [-0.15, -0.1) is 0 Å². The topological polar surface area (TPSA) is 104 Å². The number of aromatic amines is 1. The Labute approximate surface area is 96.5 Å². The number of H-pyrrole nitrogens is 1. The Hall–Kier alpha value is -2.63. The van der Waals surface area contributed by atoms with E-state index in [0.29, 0.717) is 0 Å². The number of anilines is 1. The highest BCUT2D eigenvalue weighted by Gasteiger charge is 2.02. The molecule has 0 radical (unpaired) electrons. The molecule has 0 spiro atoms. The Morgan fingerprint density at radius 3 is 2.71 bits per heavy atom. The molecule has 2 aromatic rings. The van der Waals surface area contributed by atoms with Crippen LogP contribution in [-0.4, -0.2) is 21.3 Å². The van der Waals surface area contributed by atoms with Gasteiger partial charge in [0, 0.05) is 6.21 Å². The Morgan fingerprint density at radius 1 is 1.35 bits per heavy atom. The van der Waals surface area contributed by atoms with E-state index >= 15 is 0 Å². The van der Waals surface area contributed by atoms with Crippen LogP contribution in [0.2, 0.25) is 0 Å². The van der Waals surface area contributed by atoms with Crippen LogP contribution in [0.25, 0.3) is 0 Å². The van der Waals surface area contributed by atoms with Gasteiger partial charge in [-0.1, -0.05) is 0 Å². The van der Waals surface area contributed by atoms with E-state index in [1.807, 2.05) is 0 Å². The lowest BCUT2D eigenvalue weighted by Crippen LogP contribution is -2.08. The summed E-state index contributed by atoms with van der Waals surface area (Å²) in [5.74, 6) is 0.240. The number of hydrogen-bond donors (Lipinski definition) is 3. The summed E-state index contributed by atoms with van der Waals surface area (Å²) in [6, 6.07) is 6.38. The number of aromatic hydroxyl groups is 1.